The van der Waals surface area contributed by atoms with Crippen molar-refractivity contribution in [2.45, 2.75) is 89.6 Å². The van der Waals surface area contributed by atoms with Gasteiger partial charge < -0.3 is 41.4 Å². The zero-order valence-corrected chi connectivity index (χ0v) is 30.6. The number of benzene rings is 3. The summed E-state index contributed by atoms with van der Waals surface area (Å²) in [5, 5.41) is 19.7. The van der Waals surface area contributed by atoms with Gasteiger partial charge in [0.1, 0.15) is 29.8 Å². The highest BCUT2D eigenvalue weighted by atomic mass is 16.6. The van der Waals surface area contributed by atoms with Crippen LogP contribution >= 0.6 is 0 Å². The average Bonchev–Trinajstić information content (AvgIpc) is 3.50. The Kier molecular flexibility index (Phi) is 13.2. The molecule has 4 rings (SSSR count). The number of carbonyl (C=O) groups is 6. The molecule has 1 aromatic heterocycles. The highest BCUT2D eigenvalue weighted by molar-refractivity contribution is 5.98. The number of carbonyl (C=O) groups excluding carboxylic acids is 5. The average molecular weight is 729 g/mol. The highest BCUT2D eigenvalue weighted by Gasteiger charge is 2.36. The molecule has 0 aliphatic heterocycles. The number of alkyl carbamates (subject to hydrolysis) is 1. The third kappa shape index (κ3) is 10.6. The number of unbranched alkanes of at least 4 members (excludes halogenated alkanes) is 1. The molecular weight excluding hydrogens is 680 g/mol. The van der Waals surface area contributed by atoms with Gasteiger partial charge in [0.25, 0.3) is 0 Å². The Morgan fingerprint density at radius 2 is 1.53 bits per heavy atom. The molecule has 5 amide bonds. The highest BCUT2D eigenvalue weighted by Crippen LogP contribution is 2.25. The lowest BCUT2D eigenvalue weighted by Gasteiger charge is -2.32. The molecule has 0 fully saturated rings. The van der Waals surface area contributed by atoms with Gasteiger partial charge in [0, 0.05) is 30.6 Å². The molecule has 1 heterocycles. The summed E-state index contributed by atoms with van der Waals surface area (Å²) in [6.07, 6.45) is 1.48. The Morgan fingerprint density at radius 3 is 2.19 bits per heavy atom. The minimum absolute atomic E-state index is 0.0568. The molecule has 14 nitrogen and oxygen atoms in total. The summed E-state index contributed by atoms with van der Waals surface area (Å²) in [4.78, 5) is 83.8. The fourth-order valence-corrected chi connectivity index (χ4v) is 6.17. The smallest absolute Gasteiger partial charge is 0.408 e. The van der Waals surface area contributed by atoms with Gasteiger partial charge in [0.15, 0.2) is 0 Å². The van der Waals surface area contributed by atoms with Gasteiger partial charge in [-0.15, -0.1) is 0 Å². The van der Waals surface area contributed by atoms with Gasteiger partial charge in [-0.1, -0.05) is 80.4 Å². The van der Waals surface area contributed by atoms with Gasteiger partial charge >= 0.3 is 12.1 Å². The predicted molar refractivity (Wildman–Crippen MR) is 199 cm³/mol. The molecule has 0 spiro atoms. The van der Waals surface area contributed by atoms with Crippen LogP contribution < -0.4 is 21.7 Å². The number of aliphatic carboxylic acids is 1. The summed E-state index contributed by atoms with van der Waals surface area (Å²) in [5.41, 5.74) is 6.84. The van der Waals surface area contributed by atoms with E-state index in [1.807, 2.05) is 49.4 Å². The van der Waals surface area contributed by atoms with E-state index in [4.69, 9.17) is 10.5 Å². The number of hydrogen-bond donors (Lipinski definition) is 6. The number of ether oxygens (including phenoxy) is 1. The van der Waals surface area contributed by atoms with Gasteiger partial charge in [-0.25, -0.2) is 4.79 Å². The van der Waals surface area contributed by atoms with E-state index in [0.717, 1.165) is 21.9 Å². The largest absolute Gasteiger partial charge is 0.481 e. The van der Waals surface area contributed by atoms with Gasteiger partial charge in [-0.2, -0.15) is 0 Å². The second-order valence-corrected chi connectivity index (χ2v) is 13.9. The molecule has 53 heavy (non-hydrogen) atoms. The van der Waals surface area contributed by atoms with Crippen LogP contribution in [0.1, 0.15) is 70.5 Å². The number of fused-ring (bicyclic) bond motifs is 2. The molecule has 3 aromatic carbocycles. The van der Waals surface area contributed by atoms with Crippen LogP contribution in [0.25, 0.3) is 21.7 Å². The summed E-state index contributed by atoms with van der Waals surface area (Å²) in [6.45, 7) is 6.98. The standard InChI is InChI=1S/C39H48N6O8/c1-6-7-19-31(45(5)37(51)30(43-38(52)53-39(2,3)4)20-24-22-41-28-18-11-10-16-26(24)28)36(50)42-29(21-32(46)47)35(49)44-33(34(40)48)27-17-12-14-23-13-8-9-15-25(23)27/h8-18,22,29-31,33,41H,6-7,19-21H2,1-5H3,(H2,40,48)(H,42,50)(H,43,52)(H,44,49)(H,46,47)/t29-,30-,31-,33-/m0/s1. The number of carboxylic acid groups (broad SMARTS) is 1. The van der Waals surface area contributed by atoms with Crippen LogP contribution in [-0.2, 0) is 35.1 Å². The van der Waals surface area contributed by atoms with Crippen molar-refractivity contribution in [2.75, 3.05) is 7.05 Å². The monoisotopic (exact) mass is 728 g/mol. The normalized spacial score (nSPS) is 13.7. The van der Waals surface area contributed by atoms with Gasteiger partial charge in [0.05, 0.1) is 6.42 Å². The molecule has 0 unspecified atom stereocenters. The maximum atomic E-state index is 14.2. The number of aromatic nitrogens is 1. The second kappa shape index (κ2) is 17.5. The van der Waals surface area contributed by atoms with Gasteiger partial charge in [-0.05, 0) is 55.2 Å². The first kappa shape index (κ1) is 39.9. The van der Waals surface area contributed by atoms with Crippen molar-refractivity contribution in [2.24, 2.45) is 5.73 Å². The van der Waals surface area contributed by atoms with Crippen LogP contribution in [0.4, 0.5) is 4.79 Å². The molecule has 4 aromatic rings. The van der Waals surface area contributed by atoms with Crippen molar-refractivity contribution < 1.29 is 38.6 Å². The molecule has 0 bridgehead atoms. The Labute approximate surface area is 307 Å². The van der Waals surface area contributed by atoms with E-state index in [1.54, 1.807) is 51.2 Å². The molecule has 282 valence electrons. The lowest BCUT2D eigenvalue weighted by Crippen LogP contribution is -2.58. The van der Waals surface area contributed by atoms with Gasteiger partial charge in [0.2, 0.25) is 23.6 Å². The minimum atomic E-state index is -1.63. The maximum Gasteiger partial charge on any atom is 0.408 e. The van der Waals surface area contributed by atoms with Crippen molar-refractivity contribution in [1.29, 1.82) is 0 Å². The van der Waals surface area contributed by atoms with E-state index >= 15 is 0 Å². The Balaban J connectivity index is 1.60. The fourth-order valence-electron chi connectivity index (χ4n) is 6.17. The Hall–Kier alpha value is -5.92. The number of H-pyrrole nitrogens is 1. The predicted octanol–water partition coefficient (Wildman–Crippen LogP) is 4.08. The maximum absolute atomic E-state index is 14.2. The summed E-state index contributed by atoms with van der Waals surface area (Å²) >= 11 is 0. The third-order valence-corrected chi connectivity index (χ3v) is 8.75. The quantitative estimate of drug-likeness (QED) is 0.0987. The number of rotatable bonds is 16. The van der Waals surface area contributed by atoms with Gasteiger partial charge in [-0.3, -0.25) is 24.0 Å². The van der Waals surface area contributed by atoms with Crippen LogP contribution in [0.2, 0.25) is 0 Å². The number of likely N-dealkylation sites (N-methyl/N-ethyl adjacent to an activating group) is 1. The SMILES string of the molecule is CCCC[C@@H](C(=O)N[C@@H](CC(=O)O)C(=O)N[C@H](C(N)=O)c1cccc2ccccc12)N(C)C(=O)[C@H](Cc1c[nH]c2ccccc12)NC(=O)OC(C)(C)C. The van der Waals surface area contributed by atoms with Crippen molar-refractivity contribution in [3.8, 4) is 0 Å². The molecule has 14 heteroatoms. The van der Waals surface area contributed by atoms with Crippen LogP contribution in [0.15, 0.2) is 72.9 Å². The molecule has 7 N–H and O–H groups in total. The summed E-state index contributed by atoms with van der Waals surface area (Å²) in [7, 11) is 1.41. The van der Waals surface area contributed by atoms with Crippen molar-refractivity contribution in [3.05, 3.63) is 84.1 Å². The summed E-state index contributed by atoms with van der Waals surface area (Å²) in [5.74, 6) is -4.63. The lowest BCUT2D eigenvalue weighted by molar-refractivity contribution is -0.144. The van der Waals surface area contributed by atoms with E-state index in [0.29, 0.717) is 23.8 Å². The number of carboxylic acids is 1. The molecule has 0 radical (unpaired) electrons. The second-order valence-electron chi connectivity index (χ2n) is 13.9. The number of nitrogens with two attached hydrogens (primary N) is 1. The molecule has 0 saturated heterocycles. The van der Waals surface area contributed by atoms with Crippen molar-refractivity contribution in [3.63, 3.8) is 0 Å². The number of nitrogens with one attached hydrogen (secondary N) is 4. The summed E-state index contributed by atoms with van der Waals surface area (Å²) in [6, 6.07) is 14.5. The van der Waals surface area contributed by atoms with Crippen molar-refractivity contribution in [1.82, 2.24) is 25.8 Å². The van der Waals surface area contributed by atoms with E-state index in [1.165, 1.54) is 11.9 Å². The summed E-state index contributed by atoms with van der Waals surface area (Å²) < 4.78 is 5.46. The van der Waals surface area contributed by atoms with E-state index in [9.17, 15) is 33.9 Å². The number of para-hydroxylation sites is 1. The molecule has 0 saturated carbocycles. The third-order valence-electron chi connectivity index (χ3n) is 8.75. The molecule has 4 atom stereocenters. The van der Waals surface area contributed by atoms with E-state index in [-0.39, 0.29) is 12.8 Å². The fraction of sp³-hybridized carbons (Fsp3) is 0.385. The minimum Gasteiger partial charge on any atom is -0.481 e. The van der Waals surface area contributed by atoms with Crippen LogP contribution in [0.3, 0.4) is 0 Å². The number of amides is 5. The van der Waals surface area contributed by atoms with Crippen LogP contribution in [0, 0.1) is 0 Å². The van der Waals surface area contributed by atoms with E-state index in [2.05, 4.69) is 20.9 Å². The Bertz CT molecular complexity index is 1960. The first-order valence-corrected chi connectivity index (χ1v) is 17.5. The Morgan fingerprint density at radius 1 is 0.868 bits per heavy atom. The topological polar surface area (TPSA) is 213 Å². The molecule has 0 aliphatic rings. The van der Waals surface area contributed by atoms with Crippen LogP contribution in [-0.4, -0.2) is 81.5 Å². The van der Waals surface area contributed by atoms with Crippen LogP contribution in [0.5, 0.6) is 0 Å². The number of primary amides is 1. The lowest BCUT2D eigenvalue weighted by atomic mass is 9.97. The zero-order valence-electron chi connectivity index (χ0n) is 30.6. The molecule has 0 aliphatic carbocycles. The molecular formula is C39H48N6O8. The number of nitrogens with zero attached hydrogens (tertiary/aromatic N) is 1. The first-order chi connectivity index (χ1) is 25.1. The number of aromatic amines is 1. The van der Waals surface area contributed by atoms with E-state index < -0.39 is 71.9 Å². The van der Waals surface area contributed by atoms with Crippen molar-refractivity contribution >= 4 is 57.4 Å². The number of hydrogen-bond acceptors (Lipinski definition) is 7. The first-order valence-electron chi connectivity index (χ1n) is 17.5. The zero-order chi connectivity index (χ0) is 38.9.